The number of nitrogens with zero attached hydrogens (tertiary/aromatic N) is 2. The predicted octanol–water partition coefficient (Wildman–Crippen LogP) is 6.67. The number of aryl methyl sites for hydroxylation is 2. The van der Waals surface area contributed by atoms with Gasteiger partial charge in [0.15, 0.2) is 0 Å². The van der Waals surface area contributed by atoms with E-state index >= 15 is 0 Å². The van der Waals surface area contributed by atoms with E-state index in [2.05, 4.69) is 90.5 Å². The molecule has 1 aliphatic carbocycles. The Hall–Kier alpha value is -2.69. The van der Waals surface area contributed by atoms with E-state index in [-0.39, 0.29) is 37.7 Å². The first-order valence-corrected chi connectivity index (χ1v) is 12.5. The van der Waals surface area contributed by atoms with Crippen LogP contribution < -0.4 is 0 Å². The van der Waals surface area contributed by atoms with Gasteiger partial charge in [0.2, 0.25) is 0 Å². The minimum atomic E-state index is -0.375. The summed E-state index contributed by atoms with van der Waals surface area (Å²) in [4.78, 5) is 9.21. The van der Waals surface area contributed by atoms with Crippen molar-refractivity contribution in [2.24, 2.45) is 0 Å². The van der Waals surface area contributed by atoms with Crippen molar-refractivity contribution >= 4 is 0 Å². The third-order valence-electron chi connectivity index (χ3n) is 6.72. The summed E-state index contributed by atoms with van der Waals surface area (Å²) in [6, 6.07) is 25.3. The van der Waals surface area contributed by atoms with Crippen molar-refractivity contribution in [1.29, 1.82) is 0 Å². The van der Waals surface area contributed by atoms with Gasteiger partial charge in [0, 0.05) is 37.7 Å². The molecule has 5 heteroatoms. The van der Waals surface area contributed by atoms with Gasteiger partial charge in [-0.25, -0.2) is 0 Å². The zero-order chi connectivity index (χ0) is 26.0. The van der Waals surface area contributed by atoms with Crippen LogP contribution in [0.3, 0.4) is 0 Å². The van der Waals surface area contributed by atoms with Gasteiger partial charge in [-0.05, 0) is 56.2 Å². The Morgan fingerprint density at radius 2 is 1.51 bits per heavy atom. The van der Waals surface area contributed by atoms with Gasteiger partial charge in [0.05, 0.1) is 17.9 Å². The Labute approximate surface area is 234 Å². The van der Waals surface area contributed by atoms with Crippen LogP contribution >= 0.6 is 0 Å². The van der Waals surface area contributed by atoms with Crippen LogP contribution in [0.2, 0.25) is 0 Å². The van der Waals surface area contributed by atoms with Gasteiger partial charge in [0.25, 0.3) is 0 Å². The molecule has 0 saturated carbocycles. The maximum absolute atomic E-state index is 8.56. The third kappa shape index (κ3) is 6.24. The molecule has 2 atom stereocenters. The molecule has 4 aromatic rings. The van der Waals surface area contributed by atoms with Gasteiger partial charge in [-0.2, -0.15) is 0 Å². The van der Waals surface area contributed by atoms with Crippen LogP contribution in [-0.2, 0) is 25.5 Å². The molecule has 3 aromatic carbocycles. The molecule has 2 unspecified atom stereocenters. The second-order valence-electron chi connectivity index (χ2n) is 10.3. The first-order chi connectivity index (χ1) is 17.1. The van der Waals surface area contributed by atoms with Crippen LogP contribution in [0.1, 0.15) is 56.6 Å². The maximum atomic E-state index is 8.56. The van der Waals surface area contributed by atoms with Crippen LogP contribution in [0, 0.1) is 19.9 Å². The number of aliphatic hydroxyl groups is 2. The fourth-order valence-electron chi connectivity index (χ4n) is 4.98. The van der Waals surface area contributed by atoms with E-state index in [0.717, 1.165) is 22.6 Å². The molecule has 37 heavy (non-hydrogen) atoms. The van der Waals surface area contributed by atoms with Gasteiger partial charge in [-0.15, -0.1) is 29.3 Å². The summed E-state index contributed by atoms with van der Waals surface area (Å²) in [5, 5.41) is 17.1. The second-order valence-corrected chi connectivity index (χ2v) is 10.3. The Morgan fingerprint density at radius 1 is 0.865 bits per heavy atom. The zero-order valence-electron chi connectivity index (χ0n) is 22.3. The molecular formula is C32H35IrN2O2-. The molecule has 0 amide bonds. The van der Waals surface area contributed by atoms with E-state index in [0.29, 0.717) is 6.42 Å². The average Bonchev–Trinajstić information content (AvgIpc) is 3.05. The number of benzene rings is 3. The molecule has 0 saturated heterocycles. The quantitative estimate of drug-likeness (QED) is 0.238. The van der Waals surface area contributed by atoms with E-state index in [1.54, 1.807) is 13.8 Å². The summed E-state index contributed by atoms with van der Waals surface area (Å²) in [5.41, 5.74) is 11.5. The van der Waals surface area contributed by atoms with Gasteiger partial charge >= 0.3 is 0 Å². The molecule has 195 valence electrons. The Kier molecular flexibility index (Phi) is 9.20. The van der Waals surface area contributed by atoms with Crippen molar-refractivity contribution in [1.82, 2.24) is 9.97 Å². The Morgan fingerprint density at radius 3 is 2.11 bits per heavy atom. The van der Waals surface area contributed by atoms with Crippen LogP contribution in [0.25, 0.3) is 33.5 Å². The first kappa shape index (κ1) is 28.9. The van der Waals surface area contributed by atoms with Crippen molar-refractivity contribution < 1.29 is 30.3 Å². The topological polar surface area (TPSA) is 66.2 Å². The number of rotatable bonds is 4. The van der Waals surface area contributed by atoms with Gasteiger partial charge < -0.3 is 15.2 Å². The SMILES string of the molecule is CC(O)CC(C)O.Cc1cnc(-c2[c-]cc3c(c2)C(C)(C)c2cc(-c4ccccc4)ccc2-3)c(C)n1.[Ir]. The van der Waals surface area contributed by atoms with Gasteiger partial charge in [-0.1, -0.05) is 73.5 Å². The molecule has 1 heterocycles. The molecule has 2 N–H and O–H groups in total. The zero-order valence-corrected chi connectivity index (χ0v) is 24.7. The van der Waals surface area contributed by atoms with E-state index < -0.39 is 0 Å². The third-order valence-corrected chi connectivity index (χ3v) is 6.72. The summed E-state index contributed by atoms with van der Waals surface area (Å²) >= 11 is 0. The average molecular weight is 672 g/mol. The number of aromatic nitrogens is 2. The summed E-state index contributed by atoms with van der Waals surface area (Å²) in [6.07, 6.45) is 1.55. The fraction of sp³-hybridized carbons (Fsp3) is 0.312. The minimum Gasteiger partial charge on any atom is -0.393 e. The molecule has 0 aliphatic heterocycles. The van der Waals surface area contributed by atoms with Crippen molar-refractivity contribution in [2.75, 3.05) is 0 Å². The largest absolute Gasteiger partial charge is 0.393 e. The van der Waals surface area contributed by atoms with Crippen molar-refractivity contribution in [3.63, 3.8) is 0 Å². The van der Waals surface area contributed by atoms with E-state index in [1.165, 1.54) is 33.4 Å². The van der Waals surface area contributed by atoms with Crippen LogP contribution in [0.5, 0.6) is 0 Å². The molecular weight excluding hydrogens is 637 g/mol. The summed E-state index contributed by atoms with van der Waals surface area (Å²) in [5.74, 6) is 0. The molecule has 1 radical (unpaired) electrons. The number of fused-ring (bicyclic) bond motifs is 3. The van der Waals surface area contributed by atoms with E-state index in [9.17, 15) is 0 Å². The van der Waals surface area contributed by atoms with E-state index in [1.807, 2.05) is 20.0 Å². The molecule has 5 rings (SSSR count). The predicted molar refractivity (Wildman–Crippen MR) is 147 cm³/mol. The summed E-state index contributed by atoms with van der Waals surface area (Å²) in [6.45, 7) is 11.9. The molecule has 1 aromatic heterocycles. The minimum absolute atomic E-state index is 0. The van der Waals surface area contributed by atoms with Crippen LogP contribution in [-0.4, -0.2) is 32.4 Å². The normalized spacial score (nSPS) is 14.4. The number of aliphatic hydroxyl groups excluding tert-OH is 2. The van der Waals surface area contributed by atoms with Gasteiger partial charge in [0.1, 0.15) is 0 Å². The molecule has 4 nitrogen and oxygen atoms in total. The van der Waals surface area contributed by atoms with Gasteiger partial charge in [-0.3, -0.25) is 4.98 Å². The van der Waals surface area contributed by atoms with Crippen molar-refractivity contribution in [2.45, 2.75) is 65.6 Å². The Balaban J connectivity index is 0.000000422. The number of hydrogen-bond acceptors (Lipinski definition) is 4. The Bertz CT molecular complexity index is 1360. The monoisotopic (exact) mass is 672 g/mol. The second kappa shape index (κ2) is 11.8. The fourth-order valence-corrected chi connectivity index (χ4v) is 4.98. The summed E-state index contributed by atoms with van der Waals surface area (Å²) < 4.78 is 0. The summed E-state index contributed by atoms with van der Waals surface area (Å²) in [7, 11) is 0. The molecule has 0 spiro atoms. The van der Waals surface area contributed by atoms with E-state index in [4.69, 9.17) is 10.2 Å². The number of hydrogen-bond donors (Lipinski definition) is 2. The van der Waals surface area contributed by atoms with Crippen molar-refractivity contribution in [3.05, 3.63) is 95.4 Å². The molecule has 0 fully saturated rings. The molecule has 1 aliphatic rings. The van der Waals surface area contributed by atoms with Crippen LogP contribution in [0.15, 0.2) is 66.9 Å². The first-order valence-electron chi connectivity index (χ1n) is 12.5. The van der Waals surface area contributed by atoms with Crippen molar-refractivity contribution in [3.8, 4) is 33.5 Å². The maximum Gasteiger partial charge on any atom is 0.0539 e. The molecule has 0 bridgehead atoms. The van der Waals surface area contributed by atoms with Crippen LogP contribution in [0.4, 0.5) is 0 Å². The standard InChI is InChI=1S/C27H23N2.C5H12O2.Ir/c1-17-16-28-26(18(2)29-17)21-11-13-23-22-12-10-20(19-8-6-5-7-9-19)14-24(22)27(3,4)25(23)15-21;1-4(6)3-5(2)7;/h5-10,12-16H,1-4H3;4-7H,3H2,1-2H3;/q-1;;. The smallest absolute Gasteiger partial charge is 0.0539 e.